The Bertz CT molecular complexity index is 736. The van der Waals surface area contributed by atoms with Crippen LogP contribution in [-0.2, 0) is 12.4 Å². The predicted octanol–water partition coefficient (Wildman–Crippen LogP) is 3.39. The fourth-order valence-corrected chi connectivity index (χ4v) is 2.36. The molecule has 0 bridgehead atoms. The lowest BCUT2D eigenvalue weighted by Crippen LogP contribution is -2.03. The van der Waals surface area contributed by atoms with Gasteiger partial charge in [0.1, 0.15) is 5.52 Å². The van der Waals surface area contributed by atoms with Gasteiger partial charge in [-0.1, -0.05) is 24.3 Å². The van der Waals surface area contributed by atoms with Crippen LogP contribution in [0.4, 0.5) is 5.82 Å². The number of aromatic nitrogens is 3. The number of rotatable bonds is 4. The minimum Gasteiger partial charge on any atom is -0.364 e. The topological polar surface area (TPSA) is 42.2 Å². The third-order valence-electron chi connectivity index (χ3n) is 3.12. The molecule has 1 N–H and O–H groups in total. The molecule has 102 valence electrons. The molecule has 1 aromatic carbocycles. The lowest BCUT2D eigenvalue weighted by molar-refractivity contribution is 0.920. The lowest BCUT2D eigenvalue weighted by atomic mass is 10.1. The molecule has 0 saturated heterocycles. The second-order valence-corrected chi connectivity index (χ2v) is 4.97. The van der Waals surface area contributed by atoms with Gasteiger partial charge in [0.25, 0.3) is 0 Å². The van der Waals surface area contributed by atoms with Gasteiger partial charge in [0, 0.05) is 24.8 Å². The summed E-state index contributed by atoms with van der Waals surface area (Å²) in [7, 11) is 0. The number of fused-ring (bicyclic) bond motifs is 1. The van der Waals surface area contributed by atoms with Crippen LogP contribution in [0.5, 0.6) is 0 Å². The molecule has 0 aliphatic carbocycles. The molecule has 0 spiro atoms. The molecule has 20 heavy (non-hydrogen) atoms. The summed E-state index contributed by atoms with van der Waals surface area (Å²) in [6, 6.07) is 10.2. The number of halogens is 1. The van der Waals surface area contributed by atoms with Crippen LogP contribution in [0.1, 0.15) is 16.8 Å². The molecule has 0 saturated carbocycles. The van der Waals surface area contributed by atoms with Crippen LogP contribution < -0.4 is 5.32 Å². The molecule has 0 radical (unpaired) electrons. The highest BCUT2D eigenvalue weighted by Crippen LogP contribution is 2.16. The Kier molecular flexibility index (Phi) is 3.56. The molecule has 0 amide bonds. The van der Waals surface area contributed by atoms with Crippen molar-refractivity contribution in [2.45, 2.75) is 19.3 Å². The van der Waals surface area contributed by atoms with Crippen molar-refractivity contribution in [1.82, 2.24) is 14.6 Å². The highest BCUT2D eigenvalue weighted by atomic mass is 35.5. The van der Waals surface area contributed by atoms with Crippen molar-refractivity contribution in [1.29, 1.82) is 0 Å². The zero-order valence-electron chi connectivity index (χ0n) is 11.2. The summed E-state index contributed by atoms with van der Waals surface area (Å²) in [5.74, 6) is 1.37. The van der Waals surface area contributed by atoms with Gasteiger partial charge in [-0.3, -0.25) is 0 Å². The third kappa shape index (κ3) is 2.60. The van der Waals surface area contributed by atoms with E-state index in [1.165, 1.54) is 5.56 Å². The summed E-state index contributed by atoms with van der Waals surface area (Å²) in [4.78, 5) is 4.38. The van der Waals surface area contributed by atoms with Crippen LogP contribution in [0.25, 0.3) is 5.52 Å². The summed E-state index contributed by atoms with van der Waals surface area (Å²) in [6.07, 6.45) is 3.60. The van der Waals surface area contributed by atoms with Crippen molar-refractivity contribution in [3.8, 4) is 0 Å². The number of aryl methyl sites for hydroxylation is 1. The minimum atomic E-state index is 0.531. The van der Waals surface area contributed by atoms with E-state index in [1.807, 2.05) is 35.8 Å². The van der Waals surface area contributed by atoms with Gasteiger partial charge in [0.15, 0.2) is 5.82 Å². The Balaban J connectivity index is 1.82. The van der Waals surface area contributed by atoms with Crippen LogP contribution in [-0.4, -0.2) is 14.6 Å². The van der Waals surface area contributed by atoms with Gasteiger partial charge in [-0.25, -0.2) is 9.50 Å². The molecule has 0 fully saturated rings. The molecule has 2 heterocycles. The normalized spacial score (nSPS) is 10.9. The number of benzene rings is 1. The van der Waals surface area contributed by atoms with Crippen LogP contribution in [0, 0.1) is 6.92 Å². The second kappa shape index (κ2) is 5.51. The Morgan fingerprint density at radius 2 is 2.10 bits per heavy atom. The Morgan fingerprint density at radius 3 is 2.95 bits per heavy atom. The van der Waals surface area contributed by atoms with E-state index in [1.54, 1.807) is 6.20 Å². The van der Waals surface area contributed by atoms with E-state index in [-0.39, 0.29) is 0 Å². The van der Waals surface area contributed by atoms with Gasteiger partial charge in [-0.15, -0.1) is 11.6 Å². The Morgan fingerprint density at radius 1 is 1.25 bits per heavy atom. The number of alkyl halides is 1. The van der Waals surface area contributed by atoms with Crippen molar-refractivity contribution in [2.75, 3.05) is 5.32 Å². The van der Waals surface area contributed by atoms with Gasteiger partial charge in [0.05, 0.1) is 5.69 Å². The molecular formula is C15H15ClN4. The first-order valence-corrected chi connectivity index (χ1v) is 6.98. The minimum absolute atomic E-state index is 0.531. The van der Waals surface area contributed by atoms with Gasteiger partial charge < -0.3 is 5.32 Å². The van der Waals surface area contributed by atoms with Crippen molar-refractivity contribution in [3.05, 3.63) is 59.5 Å². The summed E-state index contributed by atoms with van der Waals surface area (Å²) in [6.45, 7) is 2.68. The van der Waals surface area contributed by atoms with E-state index in [9.17, 15) is 0 Å². The van der Waals surface area contributed by atoms with E-state index < -0.39 is 0 Å². The van der Waals surface area contributed by atoms with Gasteiger partial charge in [-0.2, -0.15) is 5.10 Å². The highest BCUT2D eigenvalue weighted by Gasteiger charge is 2.05. The second-order valence-electron chi connectivity index (χ2n) is 4.70. The average Bonchev–Trinajstić information content (AvgIpc) is 2.86. The summed E-state index contributed by atoms with van der Waals surface area (Å²) in [5, 5.41) is 7.73. The van der Waals surface area contributed by atoms with Gasteiger partial charge in [0.2, 0.25) is 0 Å². The average molecular weight is 287 g/mol. The fourth-order valence-electron chi connectivity index (χ4n) is 2.19. The molecule has 3 rings (SSSR count). The molecule has 0 aliphatic heterocycles. The SMILES string of the molecule is Cc1cc2c(NCc3cccc(CCl)c3)nccn2n1. The summed E-state index contributed by atoms with van der Waals surface area (Å²) < 4.78 is 1.83. The van der Waals surface area contributed by atoms with Gasteiger partial charge in [-0.05, 0) is 24.1 Å². The fraction of sp³-hybridized carbons (Fsp3) is 0.200. The zero-order chi connectivity index (χ0) is 13.9. The largest absolute Gasteiger partial charge is 0.364 e. The van der Waals surface area contributed by atoms with Crippen molar-refractivity contribution >= 4 is 22.9 Å². The molecule has 3 aromatic rings. The van der Waals surface area contributed by atoms with E-state index >= 15 is 0 Å². The molecule has 0 unspecified atom stereocenters. The van der Waals surface area contributed by atoms with Gasteiger partial charge >= 0.3 is 0 Å². The van der Waals surface area contributed by atoms with Crippen molar-refractivity contribution in [2.24, 2.45) is 0 Å². The number of hydrogen-bond acceptors (Lipinski definition) is 3. The Hall–Kier alpha value is -2.07. The van der Waals surface area contributed by atoms with Crippen LogP contribution in [0.2, 0.25) is 0 Å². The first kappa shape index (κ1) is 12.9. The molecule has 2 aromatic heterocycles. The molecule has 5 heteroatoms. The van der Waals surface area contributed by atoms with E-state index in [0.29, 0.717) is 12.4 Å². The predicted molar refractivity (Wildman–Crippen MR) is 81.0 cm³/mol. The van der Waals surface area contributed by atoms with Crippen molar-refractivity contribution in [3.63, 3.8) is 0 Å². The first-order valence-electron chi connectivity index (χ1n) is 6.45. The summed E-state index contributed by atoms with van der Waals surface area (Å²) >= 11 is 5.85. The maximum absolute atomic E-state index is 5.85. The maximum atomic E-state index is 5.85. The lowest BCUT2D eigenvalue weighted by Gasteiger charge is -2.07. The quantitative estimate of drug-likeness (QED) is 0.748. The van der Waals surface area contributed by atoms with Crippen LogP contribution >= 0.6 is 11.6 Å². The standard InChI is InChI=1S/C15H15ClN4/c1-11-7-14-15(17-5-6-20(14)19-11)18-10-13-4-2-3-12(8-13)9-16/h2-8H,9-10H2,1H3,(H,17,18). The smallest absolute Gasteiger partial charge is 0.152 e. The maximum Gasteiger partial charge on any atom is 0.152 e. The number of nitrogens with zero attached hydrogens (tertiary/aromatic N) is 3. The molecule has 0 aliphatic rings. The van der Waals surface area contributed by atoms with E-state index in [0.717, 1.165) is 22.6 Å². The number of anilines is 1. The van der Waals surface area contributed by atoms with E-state index in [2.05, 4.69) is 27.5 Å². The van der Waals surface area contributed by atoms with Crippen molar-refractivity contribution < 1.29 is 0 Å². The summed E-state index contributed by atoms with van der Waals surface area (Å²) in [5.41, 5.74) is 4.27. The molecular weight excluding hydrogens is 272 g/mol. The number of nitrogens with one attached hydrogen (secondary N) is 1. The van der Waals surface area contributed by atoms with Crippen LogP contribution in [0.3, 0.4) is 0 Å². The van der Waals surface area contributed by atoms with Crippen LogP contribution in [0.15, 0.2) is 42.7 Å². The molecule has 4 nitrogen and oxygen atoms in total. The highest BCUT2D eigenvalue weighted by molar-refractivity contribution is 6.17. The zero-order valence-corrected chi connectivity index (χ0v) is 11.9. The third-order valence-corrected chi connectivity index (χ3v) is 3.43. The number of hydrogen-bond donors (Lipinski definition) is 1. The molecule has 0 atom stereocenters. The monoisotopic (exact) mass is 286 g/mol. The van der Waals surface area contributed by atoms with E-state index in [4.69, 9.17) is 11.6 Å². The Labute approximate surface area is 122 Å². The first-order chi connectivity index (χ1) is 9.76.